The lowest BCUT2D eigenvalue weighted by Crippen LogP contribution is -2.38. The van der Waals surface area contributed by atoms with Crippen molar-refractivity contribution in [1.29, 1.82) is 0 Å². The highest BCUT2D eigenvalue weighted by atomic mass is 127. The van der Waals surface area contributed by atoms with E-state index in [2.05, 4.69) is 20.6 Å². The topological polar surface area (TPSA) is 95.9 Å². The van der Waals surface area contributed by atoms with Gasteiger partial charge in [0.05, 0.1) is 31.2 Å². The molecule has 0 radical (unpaired) electrons. The molecule has 0 unspecified atom stereocenters. The lowest BCUT2D eigenvalue weighted by molar-refractivity contribution is 0.154. The molecule has 1 heterocycles. The number of sulfone groups is 1. The van der Waals surface area contributed by atoms with Gasteiger partial charge in [-0.1, -0.05) is 0 Å². The predicted octanol–water partition coefficient (Wildman–Crippen LogP) is 0.553. The van der Waals surface area contributed by atoms with Crippen LogP contribution >= 0.6 is 35.3 Å². The van der Waals surface area contributed by atoms with Gasteiger partial charge in [-0.3, -0.25) is 4.99 Å². The highest BCUT2D eigenvalue weighted by Crippen LogP contribution is 2.17. The number of hydrogen-bond acceptors (Lipinski definition) is 7. The summed E-state index contributed by atoms with van der Waals surface area (Å²) in [5, 5.41) is 9.23. The molecule has 1 aromatic heterocycles. The predicted molar refractivity (Wildman–Crippen MR) is 111 cm³/mol. The van der Waals surface area contributed by atoms with Crippen molar-refractivity contribution in [1.82, 2.24) is 15.6 Å². The van der Waals surface area contributed by atoms with Gasteiger partial charge in [-0.25, -0.2) is 13.4 Å². The molecule has 0 aliphatic rings. The quantitative estimate of drug-likeness (QED) is 0.226. The van der Waals surface area contributed by atoms with Gasteiger partial charge in [0.25, 0.3) is 0 Å². The molecule has 0 bridgehead atoms. The molecule has 8 nitrogen and oxygen atoms in total. The van der Waals surface area contributed by atoms with Crippen molar-refractivity contribution < 1.29 is 13.2 Å². The van der Waals surface area contributed by atoms with E-state index in [9.17, 15) is 8.42 Å². The van der Waals surface area contributed by atoms with Crippen molar-refractivity contribution in [2.24, 2.45) is 4.99 Å². The molecule has 1 aromatic rings. The van der Waals surface area contributed by atoms with Gasteiger partial charge in [0, 0.05) is 39.3 Å². The molecule has 0 spiro atoms. The summed E-state index contributed by atoms with van der Waals surface area (Å²) < 4.78 is 27.2. The third-order valence-electron chi connectivity index (χ3n) is 2.72. The first-order valence-corrected chi connectivity index (χ1v) is 10.1. The summed E-state index contributed by atoms with van der Waals surface area (Å²) in [7, 11) is 2.64. The zero-order valence-corrected chi connectivity index (χ0v) is 18.4. The Kier molecular flexibility index (Phi) is 11.5. The van der Waals surface area contributed by atoms with Crippen LogP contribution < -0.4 is 15.5 Å². The molecule has 2 N–H and O–H groups in total. The number of nitrogens with zero attached hydrogens (tertiary/aromatic N) is 3. The van der Waals surface area contributed by atoms with Crippen LogP contribution in [0.15, 0.2) is 10.4 Å². The minimum Gasteiger partial charge on any atom is -0.379 e. The maximum atomic E-state index is 10.9. The lowest BCUT2D eigenvalue weighted by atomic mass is 10.5. The SMILES string of the molecule is CN=C(NCCOCCS(C)(=O)=O)NCc1csc(N(C)C)n1.I. The molecule has 0 aliphatic heterocycles. The largest absolute Gasteiger partial charge is 0.379 e. The Morgan fingerprint density at radius 3 is 2.62 bits per heavy atom. The first-order valence-electron chi connectivity index (χ1n) is 7.13. The fourth-order valence-electron chi connectivity index (χ4n) is 1.53. The summed E-state index contributed by atoms with van der Waals surface area (Å²) in [5.74, 6) is 0.689. The molecule has 11 heteroatoms. The van der Waals surface area contributed by atoms with Gasteiger partial charge in [0.15, 0.2) is 11.1 Å². The molecule has 140 valence electrons. The Morgan fingerprint density at radius 1 is 1.38 bits per heavy atom. The smallest absolute Gasteiger partial charge is 0.191 e. The van der Waals surface area contributed by atoms with Crippen molar-refractivity contribution in [3.05, 3.63) is 11.1 Å². The van der Waals surface area contributed by atoms with Gasteiger partial charge in [-0.2, -0.15) is 0 Å². The summed E-state index contributed by atoms with van der Waals surface area (Å²) in [6.07, 6.45) is 1.20. The summed E-state index contributed by atoms with van der Waals surface area (Å²) in [5.41, 5.74) is 0.950. The average Bonchev–Trinajstić information content (AvgIpc) is 2.93. The van der Waals surface area contributed by atoms with Gasteiger partial charge in [-0.05, 0) is 0 Å². The van der Waals surface area contributed by atoms with Crippen LogP contribution in [0, 0.1) is 0 Å². The minimum absolute atomic E-state index is 0. The van der Waals surface area contributed by atoms with Crippen LogP contribution in [0.3, 0.4) is 0 Å². The van der Waals surface area contributed by atoms with Crippen molar-refractivity contribution in [3.63, 3.8) is 0 Å². The first kappa shape index (κ1) is 23.3. The van der Waals surface area contributed by atoms with E-state index in [4.69, 9.17) is 4.74 Å². The van der Waals surface area contributed by atoms with Gasteiger partial charge in [-0.15, -0.1) is 35.3 Å². The van der Waals surface area contributed by atoms with Crippen molar-refractivity contribution in [3.8, 4) is 0 Å². The van der Waals surface area contributed by atoms with Crippen LogP contribution in [0.4, 0.5) is 5.13 Å². The number of ether oxygens (including phenoxy) is 1. The van der Waals surface area contributed by atoms with Gasteiger partial charge in [0.2, 0.25) is 0 Å². The van der Waals surface area contributed by atoms with Crippen LogP contribution in [-0.4, -0.2) is 72.3 Å². The number of rotatable bonds is 9. The van der Waals surface area contributed by atoms with E-state index in [0.29, 0.717) is 25.7 Å². The first-order chi connectivity index (χ1) is 10.8. The summed E-state index contributed by atoms with van der Waals surface area (Å²) >= 11 is 1.59. The van der Waals surface area contributed by atoms with Crippen molar-refractivity contribution >= 4 is 56.2 Å². The Labute approximate surface area is 165 Å². The molecule has 0 fully saturated rings. The van der Waals surface area contributed by atoms with E-state index in [0.717, 1.165) is 10.8 Å². The number of aliphatic imine (C=N–C) groups is 1. The molecule has 0 aliphatic carbocycles. The fraction of sp³-hybridized carbons (Fsp3) is 0.692. The lowest BCUT2D eigenvalue weighted by Gasteiger charge is -2.11. The molecule has 0 saturated heterocycles. The highest BCUT2D eigenvalue weighted by molar-refractivity contribution is 14.0. The Hall–Kier alpha value is -0.660. The van der Waals surface area contributed by atoms with Crippen LogP contribution in [0.25, 0.3) is 0 Å². The third kappa shape index (κ3) is 10.3. The molecule has 0 atom stereocenters. The van der Waals surface area contributed by atoms with E-state index in [1.54, 1.807) is 18.4 Å². The van der Waals surface area contributed by atoms with Crippen LogP contribution in [0.1, 0.15) is 5.69 Å². The third-order valence-corrected chi connectivity index (χ3v) is 4.69. The van der Waals surface area contributed by atoms with Crippen LogP contribution in [0.5, 0.6) is 0 Å². The maximum absolute atomic E-state index is 10.9. The molecule has 0 saturated carbocycles. The Balaban J connectivity index is 0.00000529. The number of guanidine groups is 1. The number of thiazole rings is 1. The fourth-order valence-corrected chi connectivity index (χ4v) is 2.71. The highest BCUT2D eigenvalue weighted by Gasteiger charge is 2.05. The van der Waals surface area contributed by atoms with Gasteiger partial charge < -0.3 is 20.3 Å². The molecule has 0 aromatic carbocycles. The van der Waals surface area contributed by atoms with Gasteiger partial charge >= 0.3 is 0 Å². The Morgan fingerprint density at radius 2 is 2.08 bits per heavy atom. The van der Waals surface area contributed by atoms with E-state index in [1.165, 1.54) is 6.26 Å². The number of aromatic nitrogens is 1. The van der Waals surface area contributed by atoms with Crippen LogP contribution in [-0.2, 0) is 21.1 Å². The van der Waals surface area contributed by atoms with Crippen LogP contribution in [0.2, 0.25) is 0 Å². The number of nitrogens with one attached hydrogen (secondary N) is 2. The van der Waals surface area contributed by atoms with E-state index < -0.39 is 9.84 Å². The monoisotopic (exact) mass is 491 g/mol. The van der Waals surface area contributed by atoms with E-state index >= 15 is 0 Å². The minimum atomic E-state index is -2.97. The molecular formula is C13H26IN5O3S2. The number of halogens is 1. The maximum Gasteiger partial charge on any atom is 0.191 e. The Bertz CT molecular complexity index is 605. The molecule has 0 amide bonds. The molecule has 24 heavy (non-hydrogen) atoms. The zero-order chi connectivity index (χ0) is 17.3. The molecule has 1 rings (SSSR count). The number of anilines is 1. The van der Waals surface area contributed by atoms with E-state index in [1.807, 2.05) is 24.4 Å². The van der Waals surface area contributed by atoms with E-state index in [-0.39, 0.29) is 36.3 Å². The number of hydrogen-bond donors (Lipinski definition) is 2. The van der Waals surface area contributed by atoms with Crippen molar-refractivity contribution in [2.75, 3.05) is 57.8 Å². The second kappa shape index (κ2) is 11.8. The summed E-state index contributed by atoms with van der Waals surface area (Å²) in [6, 6.07) is 0. The average molecular weight is 491 g/mol. The second-order valence-corrected chi connectivity index (χ2v) is 8.21. The van der Waals surface area contributed by atoms with Crippen molar-refractivity contribution in [2.45, 2.75) is 6.54 Å². The summed E-state index contributed by atoms with van der Waals surface area (Å²) in [6.45, 7) is 1.75. The standard InChI is InChI=1S/C13H25N5O3S2.HI/c1-14-12(15-5-6-21-7-8-23(4,19)20)16-9-11-10-22-13(17-11)18(2)3;/h10H,5-9H2,1-4H3,(H2,14,15,16);1H. The summed E-state index contributed by atoms with van der Waals surface area (Å²) in [4.78, 5) is 10.6. The van der Waals surface area contributed by atoms with Gasteiger partial charge in [0.1, 0.15) is 9.84 Å². The normalized spacial score (nSPS) is 11.8. The zero-order valence-electron chi connectivity index (χ0n) is 14.4. The molecular weight excluding hydrogens is 465 g/mol. The second-order valence-electron chi connectivity index (χ2n) is 5.11.